The van der Waals surface area contributed by atoms with Crippen molar-refractivity contribution in [3.05, 3.63) is 29.1 Å². The lowest BCUT2D eigenvalue weighted by Gasteiger charge is -2.34. The summed E-state index contributed by atoms with van der Waals surface area (Å²) in [6.45, 7) is 9.39. The first-order valence-electron chi connectivity index (χ1n) is 11.5. The number of thiophene rings is 1. The zero-order valence-electron chi connectivity index (χ0n) is 19.0. The van der Waals surface area contributed by atoms with E-state index in [1.54, 1.807) is 10.4 Å². The molecule has 10 nitrogen and oxygen atoms in total. The van der Waals surface area contributed by atoms with E-state index >= 15 is 0 Å². The van der Waals surface area contributed by atoms with E-state index in [4.69, 9.17) is 4.74 Å². The summed E-state index contributed by atoms with van der Waals surface area (Å²) in [6, 6.07) is 8.11. The van der Waals surface area contributed by atoms with Crippen LogP contribution in [0.2, 0.25) is 0 Å². The highest BCUT2D eigenvalue weighted by molar-refractivity contribution is 7.91. The maximum absolute atomic E-state index is 13.3. The second-order valence-corrected chi connectivity index (χ2v) is 12.1. The minimum absolute atomic E-state index is 0.129. The fourth-order valence-corrected chi connectivity index (χ4v) is 7.55. The second-order valence-electron chi connectivity index (χ2n) is 8.81. The third-order valence-electron chi connectivity index (χ3n) is 6.82. The zero-order valence-corrected chi connectivity index (χ0v) is 20.6. The highest BCUT2D eigenvalue weighted by atomic mass is 32.2. The van der Waals surface area contributed by atoms with Crippen molar-refractivity contribution in [2.75, 3.05) is 62.3 Å². The first-order chi connectivity index (χ1) is 15.9. The quantitative estimate of drug-likeness (QED) is 0.633. The summed E-state index contributed by atoms with van der Waals surface area (Å²) < 4.78 is 33.9. The van der Waals surface area contributed by atoms with Gasteiger partial charge in [0.1, 0.15) is 4.21 Å². The molecule has 3 aliphatic heterocycles. The van der Waals surface area contributed by atoms with Gasteiger partial charge in [0, 0.05) is 50.2 Å². The maximum atomic E-state index is 13.3. The fourth-order valence-electron chi connectivity index (χ4n) is 4.48. The van der Waals surface area contributed by atoms with Crippen molar-refractivity contribution in [2.45, 2.75) is 30.1 Å². The Morgan fingerprint density at radius 2 is 1.55 bits per heavy atom. The van der Waals surface area contributed by atoms with Crippen LogP contribution in [0.4, 0.5) is 11.6 Å². The molecule has 3 fully saturated rings. The normalized spacial score (nSPS) is 27.3. The summed E-state index contributed by atoms with van der Waals surface area (Å²) in [7, 11) is -3.51. The van der Waals surface area contributed by atoms with Crippen LogP contribution in [0.3, 0.4) is 0 Å². The zero-order chi connectivity index (χ0) is 23.0. The van der Waals surface area contributed by atoms with E-state index in [1.165, 1.54) is 11.3 Å². The van der Waals surface area contributed by atoms with Crippen molar-refractivity contribution in [2.24, 2.45) is 5.92 Å². The molecule has 0 aliphatic carbocycles. The van der Waals surface area contributed by atoms with Crippen molar-refractivity contribution >= 4 is 33.0 Å². The number of sulfonamides is 1. The van der Waals surface area contributed by atoms with Gasteiger partial charge < -0.3 is 14.5 Å². The molecule has 3 aliphatic rings. The largest absolute Gasteiger partial charge is 0.378 e. The first kappa shape index (κ1) is 22.9. The van der Waals surface area contributed by atoms with Gasteiger partial charge in [-0.15, -0.1) is 21.5 Å². The van der Waals surface area contributed by atoms with E-state index in [-0.39, 0.29) is 6.04 Å². The second kappa shape index (κ2) is 9.43. The van der Waals surface area contributed by atoms with Crippen LogP contribution < -0.4 is 20.7 Å². The van der Waals surface area contributed by atoms with Gasteiger partial charge in [0.15, 0.2) is 11.6 Å². The number of piperazine rings is 1. The van der Waals surface area contributed by atoms with Crippen molar-refractivity contribution in [3.8, 4) is 0 Å². The molecule has 0 bridgehead atoms. The standard InChI is InChI=1S/C21H31N7O3S2/c1-15-16(2)22-25-21(15)17-3-6-20(32-17)33(29,30)28-9-7-26(8-10-28)18-4-5-19(24-23-18)27-11-13-31-14-12-27/h3-6,15-16,21-22,25H,7-14H2,1-2H3. The van der Waals surface area contributed by atoms with Crippen LogP contribution in [0.15, 0.2) is 28.5 Å². The van der Waals surface area contributed by atoms with Gasteiger partial charge in [-0.1, -0.05) is 6.92 Å². The van der Waals surface area contributed by atoms with E-state index < -0.39 is 10.0 Å². The molecule has 33 heavy (non-hydrogen) atoms. The first-order valence-corrected chi connectivity index (χ1v) is 13.7. The van der Waals surface area contributed by atoms with Crippen molar-refractivity contribution < 1.29 is 13.2 Å². The van der Waals surface area contributed by atoms with Crippen LogP contribution >= 0.6 is 11.3 Å². The number of aromatic nitrogens is 2. The summed E-state index contributed by atoms with van der Waals surface area (Å²) in [6.07, 6.45) is 0. The van der Waals surface area contributed by atoms with Crippen molar-refractivity contribution in [1.29, 1.82) is 0 Å². The Balaban J connectivity index is 1.21. The smallest absolute Gasteiger partial charge is 0.252 e. The highest BCUT2D eigenvalue weighted by Gasteiger charge is 2.34. The molecule has 3 atom stereocenters. The van der Waals surface area contributed by atoms with Crippen LogP contribution in [-0.4, -0.2) is 81.4 Å². The van der Waals surface area contributed by atoms with E-state index in [9.17, 15) is 8.42 Å². The predicted octanol–water partition coefficient (Wildman–Crippen LogP) is 1.06. The van der Waals surface area contributed by atoms with Crippen molar-refractivity contribution in [3.63, 3.8) is 0 Å². The third-order valence-corrected chi connectivity index (χ3v) is 10.4. The minimum Gasteiger partial charge on any atom is -0.378 e. The van der Waals surface area contributed by atoms with Crippen LogP contribution in [0.5, 0.6) is 0 Å². The molecular weight excluding hydrogens is 462 g/mol. The van der Waals surface area contributed by atoms with Gasteiger partial charge in [-0.05, 0) is 37.1 Å². The number of hydrazine groups is 1. The number of nitrogens with one attached hydrogen (secondary N) is 2. The number of morpholine rings is 1. The molecule has 0 spiro atoms. The lowest BCUT2D eigenvalue weighted by Crippen LogP contribution is -2.48. The molecule has 2 N–H and O–H groups in total. The molecular formula is C21H31N7O3S2. The highest BCUT2D eigenvalue weighted by Crippen LogP contribution is 2.35. The van der Waals surface area contributed by atoms with Crippen LogP contribution in [0, 0.1) is 5.92 Å². The number of anilines is 2. The number of hydrogen-bond donors (Lipinski definition) is 2. The van der Waals surface area contributed by atoms with Gasteiger partial charge in [0.05, 0.1) is 19.3 Å². The monoisotopic (exact) mass is 493 g/mol. The molecule has 0 aromatic carbocycles. The Morgan fingerprint density at radius 3 is 2.12 bits per heavy atom. The fraction of sp³-hybridized carbons (Fsp3) is 0.619. The molecule has 12 heteroatoms. The predicted molar refractivity (Wildman–Crippen MR) is 128 cm³/mol. The number of rotatable bonds is 5. The Morgan fingerprint density at radius 1 is 0.909 bits per heavy atom. The Labute approximate surface area is 198 Å². The SMILES string of the molecule is CC1NNC(c2ccc(S(=O)(=O)N3CCN(c4ccc(N5CCOCC5)nn4)CC3)s2)C1C. The summed E-state index contributed by atoms with van der Waals surface area (Å²) >= 11 is 1.37. The summed E-state index contributed by atoms with van der Waals surface area (Å²) in [5.74, 6) is 2.02. The van der Waals surface area contributed by atoms with E-state index in [2.05, 4.69) is 44.7 Å². The van der Waals surface area contributed by atoms with Gasteiger partial charge in [0.2, 0.25) is 0 Å². The molecule has 5 rings (SSSR count). The Bertz CT molecular complexity index is 1050. The van der Waals surface area contributed by atoms with Crippen LogP contribution in [0.1, 0.15) is 24.8 Å². The van der Waals surface area contributed by atoms with Gasteiger partial charge in [-0.25, -0.2) is 13.8 Å². The molecule has 2 aromatic heterocycles. The van der Waals surface area contributed by atoms with Crippen LogP contribution in [-0.2, 0) is 14.8 Å². The molecule has 3 saturated heterocycles. The molecule has 0 radical (unpaired) electrons. The average Bonchev–Trinajstić information content (AvgIpc) is 3.47. The maximum Gasteiger partial charge on any atom is 0.252 e. The number of ether oxygens (including phenoxy) is 1. The number of nitrogens with zero attached hydrogens (tertiary/aromatic N) is 5. The molecule has 3 unspecified atom stereocenters. The third kappa shape index (κ3) is 4.60. The molecule has 0 amide bonds. The van der Waals surface area contributed by atoms with Crippen molar-refractivity contribution in [1.82, 2.24) is 25.4 Å². The molecule has 5 heterocycles. The molecule has 180 valence electrons. The minimum atomic E-state index is -3.51. The van der Waals surface area contributed by atoms with Gasteiger partial charge >= 0.3 is 0 Å². The molecule has 0 saturated carbocycles. The van der Waals surface area contributed by atoms with Gasteiger partial charge in [-0.2, -0.15) is 4.31 Å². The summed E-state index contributed by atoms with van der Waals surface area (Å²) in [5.41, 5.74) is 6.53. The topological polar surface area (TPSA) is 103 Å². The summed E-state index contributed by atoms with van der Waals surface area (Å²) in [4.78, 5) is 5.31. The number of hydrogen-bond acceptors (Lipinski definition) is 10. The van der Waals surface area contributed by atoms with E-state index in [1.807, 2.05) is 18.2 Å². The Hall–Kier alpha value is -1.83. The Kier molecular flexibility index (Phi) is 6.56. The molecule has 2 aromatic rings. The van der Waals surface area contributed by atoms with Gasteiger partial charge in [0.25, 0.3) is 10.0 Å². The lowest BCUT2D eigenvalue weighted by molar-refractivity contribution is 0.122. The summed E-state index contributed by atoms with van der Waals surface area (Å²) in [5, 5.41) is 8.78. The van der Waals surface area contributed by atoms with E-state index in [0.29, 0.717) is 55.6 Å². The van der Waals surface area contributed by atoms with Gasteiger partial charge in [-0.3, -0.25) is 5.43 Å². The van der Waals surface area contributed by atoms with Crippen LogP contribution in [0.25, 0.3) is 0 Å². The lowest BCUT2D eigenvalue weighted by atomic mass is 9.97. The van der Waals surface area contributed by atoms with E-state index in [0.717, 1.165) is 29.6 Å². The average molecular weight is 494 g/mol.